The molecule has 2 unspecified atom stereocenters. The first kappa shape index (κ1) is 29.3. The van der Waals surface area contributed by atoms with Crippen LogP contribution < -0.4 is 19.4 Å². The average molecular weight is 576 g/mol. The fourth-order valence-electron chi connectivity index (χ4n) is 4.73. The third kappa shape index (κ3) is 6.73. The number of hydrogen-bond donors (Lipinski definition) is 2. The molecule has 1 aliphatic rings. The van der Waals surface area contributed by atoms with Crippen LogP contribution >= 0.6 is 0 Å². The van der Waals surface area contributed by atoms with Gasteiger partial charge >= 0.3 is 6.18 Å². The van der Waals surface area contributed by atoms with Gasteiger partial charge in [-0.25, -0.2) is 9.19 Å². The lowest BCUT2D eigenvalue weighted by Gasteiger charge is -2.37. The molecule has 214 valence electrons. The topological polar surface area (TPSA) is 89.0 Å². The molecule has 3 aromatic rings. The van der Waals surface area contributed by atoms with Gasteiger partial charge in [-0.05, 0) is 49.2 Å². The molecule has 12 heteroatoms. The van der Waals surface area contributed by atoms with E-state index >= 15 is 0 Å². The van der Waals surface area contributed by atoms with Gasteiger partial charge in [-0.15, -0.1) is 0 Å². The second-order valence-corrected chi connectivity index (χ2v) is 10.7. The Labute approximate surface area is 234 Å². The Balaban J connectivity index is 1.48. The summed E-state index contributed by atoms with van der Waals surface area (Å²) in [5, 5.41) is 2.85. The molecule has 0 spiro atoms. The van der Waals surface area contributed by atoms with E-state index < -0.39 is 29.1 Å². The summed E-state index contributed by atoms with van der Waals surface area (Å²) >= 11 is -2.17. The monoisotopic (exact) mass is 575 g/mol. The van der Waals surface area contributed by atoms with Crippen molar-refractivity contribution in [1.29, 1.82) is 0 Å². The number of rotatable bonds is 8. The predicted molar refractivity (Wildman–Crippen MR) is 151 cm³/mol. The predicted octanol–water partition coefficient (Wildman–Crippen LogP) is 4.73. The van der Waals surface area contributed by atoms with Crippen LogP contribution in [0.15, 0.2) is 60.7 Å². The number of benzene rings is 2. The van der Waals surface area contributed by atoms with E-state index in [0.29, 0.717) is 43.0 Å². The van der Waals surface area contributed by atoms with Crippen molar-refractivity contribution in [1.82, 2.24) is 10.3 Å². The zero-order valence-corrected chi connectivity index (χ0v) is 23.3. The number of aromatic nitrogens is 1. The molecule has 0 radical (unpaired) electrons. The number of pyridine rings is 1. The Morgan fingerprint density at radius 3 is 2.33 bits per heavy atom. The summed E-state index contributed by atoms with van der Waals surface area (Å²) in [7, 11) is 1.49. The lowest BCUT2D eigenvalue weighted by Crippen LogP contribution is -2.47. The van der Waals surface area contributed by atoms with Crippen LogP contribution in [0.4, 0.5) is 30.4 Å². The van der Waals surface area contributed by atoms with Gasteiger partial charge in [-0.1, -0.05) is 36.4 Å². The van der Waals surface area contributed by atoms with Crippen LogP contribution in [0.3, 0.4) is 0 Å². The number of carbonyl (C=O) groups is 1. The van der Waals surface area contributed by atoms with Gasteiger partial charge in [-0.3, -0.25) is 13.7 Å². The highest BCUT2D eigenvalue weighted by Gasteiger charge is 2.34. The third-order valence-electron chi connectivity index (χ3n) is 7.09. The number of piperazine rings is 1. The summed E-state index contributed by atoms with van der Waals surface area (Å²) in [6, 6.07) is 17.3. The molecule has 40 heavy (non-hydrogen) atoms. The van der Waals surface area contributed by atoms with Crippen molar-refractivity contribution in [3.8, 4) is 0 Å². The molecule has 0 bridgehead atoms. The number of para-hydroxylation sites is 1. The van der Waals surface area contributed by atoms with Crippen molar-refractivity contribution in [2.24, 2.45) is 0 Å². The summed E-state index contributed by atoms with van der Waals surface area (Å²) < 4.78 is 62.5. The van der Waals surface area contributed by atoms with Crippen LogP contribution in [0.1, 0.15) is 35.2 Å². The van der Waals surface area contributed by atoms with E-state index in [1.165, 1.54) is 17.4 Å². The minimum Gasteiger partial charge on any atom is -0.368 e. The third-order valence-corrected chi connectivity index (χ3v) is 7.75. The van der Waals surface area contributed by atoms with Gasteiger partial charge in [-0.2, -0.15) is 13.2 Å². The molecule has 1 amide bonds. The van der Waals surface area contributed by atoms with Crippen LogP contribution in [-0.4, -0.2) is 52.9 Å². The lowest BCUT2D eigenvalue weighted by molar-refractivity contribution is -0.141. The zero-order valence-electron chi connectivity index (χ0n) is 22.5. The highest BCUT2D eigenvalue weighted by molar-refractivity contribution is 7.80. The van der Waals surface area contributed by atoms with Gasteiger partial charge in [0, 0.05) is 51.0 Å². The number of aryl methyl sites for hydroxylation is 1. The largest absolute Gasteiger partial charge is 0.433 e. The molecule has 2 aromatic carbocycles. The first-order valence-electron chi connectivity index (χ1n) is 12.8. The second-order valence-electron chi connectivity index (χ2n) is 9.70. The molecule has 2 heterocycles. The van der Waals surface area contributed by atoms with Crippen molar-refractivity contribution < 1.29 is 26.7 Å². The first-order valence-corrected chi connectivity index (χ1v) is 13.9. The zero-order chi connectivity index (χ0) is 29.0. The molecule has 1 saturated heterocycles. The number of amides is 1. The SMILES string of the molecule is Cc1cc(C(C)C(=O)NCc2ccc(C(F)(F)F)nc2N2CCN(c3ccccc3)CC2)ccc1N(C)S(=O)O. The van der Waals surface area contributed by atoms with Crippen LogP contribution in [0.5, 0.6) is 0 Å². The normalized spacial score (nSPS) is 15.5. The number of carbonyl (C=O) groups excluding carboxylic acids is 1. The van der Waals surface area contributed by atoms with Crippen molar-refractivity contribution in [3.63, 3.8) is 0 Å². The molecule has 2 atom stereocenters. The Morgan fingerprint density at radius 1 is 1.07 bits per heavy atom. The molecule has 2 N–H and O–H groups in total. The standard InChI is InChI=1S/C28H32F3N5O3S/c1-19-17-21(9-11-24(19)34(3)40(38)39)20(2)27(37)32-18-22-10-12-25(28(29,30)31)33-26(22)36-15-13-35(14-16-36)23-7-5-4-6-8-23/h4-12,17,20H,13-16,18H2,1-3H3,(H,32,37)(H,38,39). The summed E-state index contributed by atoms with van der Waals surface area (Å²) in [5.74, 6) is -0.639. The molecule has 0 aliphatic carbocycles. The number of hydrogen-bond acceptors (Lipinski definition) is 5. The quantitative estimate of drug-likeness (QED) is 0.378. The van der Waals surface area contributed by atoms with Crippen molar-refractivity contribution in [2.75, 3.05) is 47.3 Å². The lowest BCUT2D eigenvalue weighted by atomic mass is 9.97. The Hall–Kier alpha value is -3.64. The molecule has 4 rings (SSSR count). The number of anilines is 3. The van der Waals surface area contributed by atoms with E-state index in [-0.39, 0.29) is 18.3 Å². The summed E-state index contributed by atoms with van der Waals surface area (Å²) in [4.78, 5) is 21.0. The fourth-order valence-corrected chi connectivity index (χ4v) is 5.11. The van der Waals surface area contributed by atoms with E-state index in [2.05, 4.69) is 15.2 Å². The molecular weight excluding hydrogens is 543 g/mol. The van der Waals surface area contributed by atoms with E-state index in [0.717, 1.165) is 17.3 Å². The van der Waals surface area contributed by atoms with E-state index in [4.69, 9.17) is 0 Å². The number of halogens is 3. The van der Waals surface area contributed by atoms with Crippen LogP contribution in [0, 0.1) is 6.92 Å². The van der Waals surface area contributed by atoms with E-state index in [1.807, 2.05) is 35.2 Å². The van der Waals surface area contributed by atoms with Gasteiger partial charge in [0.05, 0.1) is 11.6 Å². The van der Waals surface area contributed by atoms with Gasteiger partial charge in [0.25, 0.3) is 11.3 Å². The Morgan fingerprint density at radius 2 is 1.73 bits per heavy atom. The molecule has 0 saturated carbocycles. The van der Waals surface area contributed by atoms with Crippen LogP contribution in [0.2, 0.25) is 0 Å². The van der Waals surface area contributed by atoms with Gasteiger partial charge in [0.1, 0.15) is 11.5 Å². The highest BCUT2D eigenvalue weighted by Crippen LogP contribution is 2.32. The summed E-state index contributed by atoms with van der Waals surface area (Å²) in [5.41, 5.74) is 2.58. The summed E-state index contributed by atoms with van der Waals surface area (Å²) in [6.07, 6.45) is -4.59. The maximum Gasteiger partial charge on any atom is 0.433 e. The number of nitrogens with one attached hydrogen (secondary N) is 1. The van der Waals surface area contributed by atoms with E-state index in [1.54, 1.807) is 32.0 Å². The molecule has 1 aliphatic heterocycles. The maximum atomic E-state index is 13.5. The highest BCUT2D eigenvalue weighted by atomic mass is 32.2. The van der Waals surface area contributed by atoms with Gasteiger partial charge < -0.3 is 15.1 Å². The second kappa shape index (κ2) is 12.3. The molecular formula is C28H32F3N5O3S. The van der Waals surface area contributed by atoms with Crippen molar-refractivity contribution in [2.45, 2.75) is 32.5 Å². The maximum absolute atomic E-state index is 13.5. The van der Waals surface area contributed by atoms with Gasteiger partial charge in [0.2, 0.25) is 5.91 Å². The van der Waals surface area contributed by atoms with E-state index in [9.17, 15) is 26.7 Å². The Bertz CT molecular complexity index is 1370. The fraction of sp³-hybridized carbons (Fsp3) is 0.357. The number of alkyl halides is 3. The smallest absolute Gasteiger partial charge is 0.368 e. The molecule has 8 nitrogen and oxygen atoms in total. The minimum absolute atomic E-state index is 0.0197. The Kier molecular flexibility index (Phi) is 8.99. The summed E-state index contributed by atoms with van der Waals surface area (Å²) in [6.45, 7) is 5.75. The van der Waals surface area contributed by atoms with Crippen LogP contribution in [-0.2, 0) is 28.8 Å². The first-order chi connectivity index (χ1) is 19.0. The average Bonchev–Trinajstić information content (AvgIpc) is 2.95. The van der Waals surface area contributed by atoms with Crippen molar-refractivity contribution >= 4 is 34.4 Å². The molecule has 1 aromatic heterocycles. The minimum atomic E-state index is -4.59. The van der Waals surface area contributed by atoms with Crippen LogP contribution in [0.25, 0.3) is 0 Å². The van der Waals surface area contributed by atoms with Crippen molar-refractivity contribution in [3.05, 3.63) is 83.0 Å². The number of nitrogens with zero attached hydrogens (tertiary/aromatic N) is 4. The molecule has 1 fully saturated rings. The van der Waals surface area contributed by atoms with Gasteiger partial charge in [0.15, 0.2) is 0 Å².